The van der Waals surface area contributed by atoms with E-state index in [4.69, 9.17) is 16.1 Å². The van der Waals surface area contributed by atoms with Gasteiger partial charge >= 0.3 is 12.1 Å². The molecular weight excluding hydrogens is 512 g/mol. The maximum Gasteiger partial charge on any atom is 0.436 e. The SMILES string of the molecule is COc1ccc(C#N)c(C(N)=O)c1F.O=C(O)c1cn(Cc2ccc(N3CCCC3)nc2)nc1C(F)(F)F. The number of anilines is 1. The average molecular weight is 534 g/mol. The number of primary amides is 1. The van der Waals surface area contributed by atoms with Gasteiger partial charge in [-0.2, -0.15) is 23.5 Å². The summed E-state index contributed by atoms with van der Waals surface area (Å²) >= 11 is 0. The molecule has 2 aromatic heterocycles. The van der Waals surface area contributed by atoms with Crippen molar-refractivity contribution in [1.29, 1.82) is 5.26 Å². The smallest absolute Gasteiger partial charge is 0.436 e. The number of halogens is 4. The van der Waals surface area contributed by atoms with Crippen LogP contribution in [0, 0.1) is 17.1 Å². The number of hydrogen-bond acceptors (Lipinski definition) is 7. The highest BCUT2D eigenvalue weighted by atomic mass is 19.4. The topological polar surface area (TPSA) is 147 Å². The number of aromatic nitrogens is 3. The van der Waals surface area contributed by atoms with Gasteiger partial charge in [-0.3, -0.25) is 9.48 Å². The first kappa shape index (κ1) is 27.9. The first-order valence-electron chi connectivity index (χ1n) is 11.1. The van der Waals surface area contributed by atoms with Gasteiger partial charge in [0.1, 0.15) is 17.5 Å². The number of ether oxygens (including phenoxy) is 1. The zero-order valence-corrected chi connectivity index (χ0v) is 20.0. The summed E-state index contributed by atoms with van der Waals surface area (Å²) in [4.78, 5) is 28.3. The molecule has 1 amide bonds. The van der Waals surface area contributed by atoms with Crippen molar-refractivity contribution in [1.82, 2.24) is 14.8 Å². The van der Waals surface area contributed by atoms with E-state index < -0.39 is 40.7 Å². The van der Waals surface area contributed by atoms with Crippen molar-refractivity contribution < 1.29 is 37.0 Å². The molecule has 0 unspecified atom stereocenters. The highest BCUT2D eigenvalue weighted by Gasteiger charge is 2.39. The number of rotatable bonds is 6. The molecule has 38 heavy (non-hydrogen) atoms. The number of carboxylic acids is 1. The molecule has 0 spiro atoms. The molecule has 1 aromatic carbocycles. The number of nitriles is 1. The van der Waals surface area contributed by atoms with Crippen LogP contribution in [0.2, 0.25) is 0 Å². The number of nitrogens with zero attached hydrogens (tertiary/aromatic N) is 5. The molecule has 1 fully saturated rings. The Balaban J connectivity index is 0.000000244. The van der Waals surface area contributed by atoms with Crippen molar-refractivity contribution in [2.45, 2.75) is 25.6 Å². The lowest BCUT2D eigenvalue weighted by Gasteiger charge is -2.16. The molecule has 3 aromatic rings. The quantitative estimate of drug-likeness (QED) is 0.457. The van der Waals surface area contributed by atoms with E-state index in [-0.39, 0.29) is 17.9 Å². The Hall–Kier alpha value is -4.67. The van der Waals surface area contributed by atoms with Gasteiger partial charge in [0, 0.05) is 25.5 Å². The summed E-state index contributed by atoms with van der Waals surface area (Å²) in [6, 6.07) is 7.79. The molecule has 3 N–H and O–H groups in total. The monoisotopic (exact) mass is 534 g/mol. The highest BCUT2D eigenvalue weighted by molar-refractivity contribution is 5.96. The van der Waals surface area contributed by atoms with E-state index in [0.29, 0.717) is 5.56 Å². The van der Waals surface area contributed by atoms with Gasteiger partial charge in [0.15, 0.2) is 17.3 Å². The van der Waals surface area contributed by atoms with Crippen LogP contribution in [-0.2, 0) is 12.7 Å². The molecule has 10 nitrogen and oxygen atoms in total. The number of carbonyl (C=O) groups excluding carboxylic acids is 1. The number of amides is 1. The average Bonchev–Trinajstić information content (AvgIpc) is 3.55. The van der Waals surface area contributed by atoms with Crippen molar-refractivity contribution >= 4 is 17.7 Å². The number of methoxy groups -OCH3 is 1. The van der Waals surface area contributed by atoms with E-state index >= 15 is 0 Å². The van der Waals surface area contributed by atoms with Crippen molar-refractivity contribution in [2.75, 3.05) is 25.1 Å². The third-order valence-corrected chi connectivity index (χ3v) is 5.54. The second kappa shape index (κ2) is 11.6. The van der Waals surface area contributed by atoms with Gasteiger partial charge in [-0.05, 0) is 36.6 Å². The van der Waals surface area contributed by atoms with Crippen LogP contribution in [0.5, 0.6) is 5.75 Å². The standard InChI is InChI=1S/C15H15F3N4O2.C9H7FN2O2/c16-15(17,18)13-11(14(23)24)9-22(20-13)8-10-3-4-12(19-7-10)21-5-1-2-6-21;1-14-6-3-2-5(4-11)7(8(6)10)9(12)13/h3-4,7,9H,1-2,5-6,8H2,(H,23,24);2-3H,1H3,(H2,12,13). The predicted molar refractivity (Wildman–Crippen MR) is 125 cm³/mol. The van der Waals surface area contributed by atoms with Crippen LogP contribution in [0.3, 0.4) is 0 Å². The van der Waals surface area contributed by atoms with Crippen molar-refractivity contribution in [3.05, 3.63) is 70.4 Å². The van der Waals surface area contributed by atoms with Gasteiger partial charge in [0.25, 0.3) is 5.91 Å². The number of nitrogens with two attached hydrogens (primary N) is 1. The minimum atomic E-state index is -4.81. The molecule has 3 heterocycles. The summed E-state index contributed by atoms with van der Waals surface area (Å²) < 4.78 is 57.5. The minimum Gasteiger partial charge on any atom is -0.494 e. The molecule has 1 aliphatic heterocycles. The Morgan fingerprint density at radius 2 is 1.89 bits per heavy atom. The Kier molecular flexibility index (Phi) is 8.51. The second-order valence-corrected chi connectivity index (χ2v) is 8.09. The van der Waals surface area contributed by atoms with Crippen LogP contribution in [-0.4, -0.2) is 51.9 Å². The molecule has 0 atom stereocenters. The lowest BCUT2D eigenvalue weighted by molar-refractivity contribution is -0.142. The van der Waals surface area contributed by atoms with Gasteiger partial charge in [0.2, 0.25) is 0 Å². The van der Waals surface area contributed by atoms with Crippen LogP contribution in [0.25, 0.3) is 0 Å². The van der Waals surface area contributed by atoms with Crippen LogP contribution in [0.1, 0.15) is 50.4 Å². The molecule has 200 valence electrons. The molecule has 0 bridgehead atoms. The zero-order valence-electron chi connectivity index (χ0n) is 20.0. The first-order valence-corrected chi connectivity index (χ1v) is 11.1. The summed E-state index contributed by atoms with van der Waals surface area (Å²) in [5.74, 6) is -2.83. The molecule has 0 aliphatic carbocycles. The second-order valence-electron chi connectivity index (χ2n) is 8.09. The van der Waals surface area contributed by atoms with E-state index in [1.807, 2.05) is 6.07 Å². The maximum absolute atomic E-state index is 13.4. The van der Waals surface area contributed by atoms with Crippen molar-refractivity contribution in [3.63, 3.8) is 0 Å². The Bertz CT molecular complexity index is 1360. The predicted octanol–water partition coefficient (Wildman–Crippen LogP) is 3.45. The van der Waals surface area contributed by atoms with Gasteiger partial charge in [-0.15, -0.1) is 0 Å². The van der Waals surface area contributed by atoms with Crippen LogP contribution in [0.4, 0.5) is 23.4 Å². The molecule has 1 saturated heterocycles. The van der Waals surface area contributed by atoms with Crippen LogP contribution >= 0.6 is 0 Å². The van der Waals surface area contributed by atoms with Crippen LogP contribution < -0.4 is 15.4 Å². The number of aromatic carboxylic acids is 1. The first-order chi connectivity index (χ1) is 18.0. The number of carboxylic acid groups (broad SMARTS) is 1. The zero-order chi connectivity index (χ0) is 28.0. The van der Waals surface area contributed by atoms with E-state index in [0.717, 1.165) is 42.6 Å². The molecular formula is C24H22F4N6O4. The largest absolute Gasteiger partial charge is 0.494 e. The van der Waals surface area contributed by atoms with E-state index in [1.165, 1.54) is 19.2 Å². The molecule has 14 heteroatoms. The van der Waals surface area contributed by atoms with Crippen molar-refractivity contribution in [3.8, 4) is 11.8 Å². The number of hydrogen-bond donors (Lipinski definition) is 2. The number of carbonyl (C=O) groups is 2. The van der Waals surface area contributed by atoms with E-state index in [2.05, 4.69) is 19.7 Å². The van der Waals surface area contributed by atoms with Crippen molar-refractivity contribution in [2.24, 2.45) is 5.73 Å². The summed E-state index contributed by atoms with van der Waals surface area (Å²) in [5, 5.41) is 20.9. The molecule has 1 aliphatic rings. The molecule has 0 radical (unpaired) electrons. The van der Waals surface area contributed by atoms with Gasteiger partial charge in [0.05, 0.1) is 24.8 Å². The highest BCUT2D eigenvalue weighted by Crippen LogP contribution is 2.31. The fourth-order valence-electron chi connectivity index (χ4n) is 3.75. The van der Waals surface area contributed by atoms with Gasteiger partial charge in [-0.1, -0.05) is 6.07 Å². The number of alkyl halides is 3. The summed E-state index contributed by atoms with van der Waals surface area (Å²) in [5.41, 5.74) is 2.79. The third-order valence-electron chi connectivity index (χ3n) is 5.54. The number of pyridine rings is 1. The van der Waals surface area contributed by atoms with Gasteiger partial charge < -0.3 is 20.5 Å². The minimum absolute atomic E-state index is 0.0175. The Morgan fingerprint density at radius 1 is 1.21 bits per heavy atom. The van der Waals surface area contributed by atoms with Gasteiger partial charge in [-0.25, -0.2) is 14.2 Å². The van der Waals surface area contributed by atoms with Crippen LogP contribution in [0.15, 0.2) is 36.7 Å². The maximum atomic E-state index is 13.4. The fraction of sp³-hybridized carbons (Fsp3) is 0.292. The lowest BCUT2D eigenvalue weighted by atomic mass is 10.1. The van der Waals surface area contributed by atoms with E-state index in [1.54, 1.807) is 18.3 Å². The number of benzene rings is 1. The third kappa shape index (κ3) is 6.36. The lowest BCUT2D eigenvalue weighted by Crippen LogP contribution is -2.18. The fourth-order valence-corrected chi connectivity index (χ4v) is 3.75. The summed E-state index contributed by atoms with van der Waals surface area (Å²) in [6.45, 7) is 1.91. The molecule has 0 saturated carbocycles. The normalized spacial score (nSPS) is 12.9. The Morgan fingerprint density at radius 3 is 2.37 bits per heavy atom. The molecule has 4 rings (SSSR count). The Labute approximate surface area is 213 Å². The summed E-state index contributed by atoms with van der Waals surface area (Å²) in [7, 11) is 1.26. The van der Waals surface area contributed by atoms with E-state index in [9.17, 15) is 27.2 Å². The summed E-state index contributed by atoms with van der Waals surface area (Å²) in [6.07, 6.45) is -0.108.